The van der Waals surface area contributed by atoms with Gasteiger partial charge in [-0.3, -0.25) is 0 Å². The van der Waals surface area contributed by atoms with E-state index in [9.17, 15) is 4.39 Å². The number of unbranched alkanes of at least 4 members (excludes halogenated alkanes) is 3. The van der Waals surface area contributed by atoms with Crippen molar-refractivity contribution in [3.8, 4) is 5.75 Å². The SMILES string of the molecule is C=CCOc1cc(F)c2c(c1)CCC(C1CCC3CC(CCCCCC)CCC3C1)C2. The van der Waals surface area contributed by atoms with Gasteiger partial charge in [-0.25, -0.2) is 4.39 Å². The molecule has 3 aliphatic carbocycles. The van der Waals surface area contributed by atoms with Crippen LogP contribution in [-0.4, -0.2) is 6.61 Å². The highest BCUT2D eigenvalue weighted by molar-refractivity contribution is 5.39. The predicted octanol–water partition coefficient (Wildman–Crippen LogP) is 8.30. The van der Waals surface area contributed by atoms with Crippen LogP contribution < -0.4 is 4.74 Å². The number of hydrogen-bond donors (Lipinski definition) is 0. The van der Waals surface area contributed by atoms with Gasteiger partial charge in [0, 0.05) is 6.07 Å². The number of fused-ring (bicyclic) bond motifs is 2. The molecule has 5 atom stereocenters. The van der Waals surface area contributed by atoms with Crippen molar-refractivity contribution in [2.24, 2.45) is 29.6 Å². The minimum atomic E-state index is -0.0569. The third-order valence-electron chi connectivity index (χ3n) is 8.77. The first kappa shape index (κ1) is 22.9. The molecule has 1 aromatic rings. The molecular formula is C29H43FO. The number of halogens is 1. The second kappa shape index (κ2) is 11.0. The van der Waals surface area contributed by atoms with Crippen molar-refractivity contribution >= 4 is 0 Å². The van der Waals surface area contributed by atoms with E-state index in [4.69, 9.17) is 4.74 Å². The molecule has 0 spiro atoms. The van der Waals surface area contributed by atoms with Crippen LogP contribution in [0.3, 0.4) is 0 Å². The first-order valence-electron chi connectivity index (χ1n) is 13.2. The standard InChI is InChI=1S/C29H43FO/c1-3-5-6-7-8-21-9-10-23-17-24(12-11-22(23)16-21)25-13-14-26-18-27(31-15-4-2)20-29(30)28(26)19-25/h4,18,20-25H,2-3,5-17,19H2,1H3. The number of hydrogen-bond acceptors (Lipinski definition) is 1. The Bertz CT molecular complexity index is 726. The van der Waals surface area contributed by atoms with Gasteiger partial charge in [0.25, 0.3) is 0 Å². The molecule has 2 fully saturated rings. The van der Waals surface area contributed by atoms with E-state index in [2.05, 4.69) is 19.6 Å². The van der Waals surface area contributed by atoms with Gasteiger partial charge in [-0.2, -0.15) is 0 Å². The van der Waals surface area contributed by atoms with Gasteiger partial charge >= 0.3 is 0 Å². The first-order valence-corrected chi connectivity index (χ1v) is 13.2. The van der Waals surface area contributed by atoms with Gasteiger partial charge in [0.2, 0.25) is 0 Å². The van der Waals surface area contributed by atoms with E-state index < -0.39 is 0 Å². The summed E-state index contributed by atoms with van der Waals surface area (Å²) in [5.74, 6) is 5.02. The highest BCUT2D eigenvalue weighted by atomic mass is 19.1. The largest absolute Gasteiger partial charge is 0.489 e. The molecule has 31 heavy (non-hydrogen) atoms. The highest BCUT2D eigenvalue weighted by Crippen LogP contribution is 2.49. The third-order valence-corrected chi connectivity index (χ3v) is 8.77. The number of aryl methyl sites for hydroxylation is 1. The Kier molecular flexibility index (Phi) is 8.13. The van der Waals surface area contributed by atoms with E-state index in [1.807, 2.05) is 0 Å². The van der Waals surface area contributed by atoms with E-state index in [0.717, 1.165) is 42.1 Å². The molecule has 0 aliphatic heterocycles. The zero-order valence-corrected chi connectivity index (χ0v) is 19.7. The quantitative estimate of drug-likeness (QED) is 0.285. The van der Waals surface area contributed by atoms with Crippen LogP contribution in [0.25, 0.3) is 0 Å². The summed E-state index contributed by atoms with van der Waals surface area (Å²) in [7, 11) is 0. The zero-order chi connectivity index (χ0) is 21.6. The molecular weight excluding hydrogens is 383 g/mol. The summed E-state index contributed by atoms with van der Waals surface area (Å²) in [5.41, 5.74) is 2.15. The van der Waals surface area contributed by atoms with Crippen LogP contribution in [-0.2, 0) is 12.8 Å². The molecule has 0 saturated heterocycles. The molecule has 1 aromatic carbocycles. The fourth-order valence-electron chi connectivity index (χ4n) is 7.04. The van der Waals surface area contributed by atoms with Crippen molar-refractivity contribution in [1.29, 1.82) is 0 Å². The summed E-state index contributed by atoms with van der Waals surface area (Å²) in [6, 6.07) is 3.65. The second-order valence-electron chi connectivity index (χ2n) is 10.8. The van der Waals surface area contributed by atoms with E-state index in [0.29, 0.717) is 18.3 Å². The van der Waals surface area contributed by atoms with Crippen LogP contribution in [0.15, 0.2) is 24.8 Å². The normalized spacial score (nSPS) is 30.3. The fourth-order valence-corrected chi connectivity index (χ4v) is 7.04. The lowest BCUT2D eigenvalue weighted by Gasteiger charge is -2.45. The Balaban J connectivity index is 1.29. The number of benzene rings is 1. The molecule has 172 valence electrons. The topological polar surface area (TPSA) is 9.23 Å². The predicted molar refractivity (Wildman–Crippen MR) is 128 cm³/mol. The Morgan fingerprint density at radius 2 is 1.74 bits per heavy atom. The van der Waals surface area contributed by atoms with Gasteiger partial charge in [0.1, 0.15) is 18.2 Å². The molecule has 2 saturated carbocycles. The van der Waals surface area contributed by atoms with Gasteiger partial charge < -0.3 is 4.74 Å². The van der Waals surface area contributed by atoms with Crippen LogP contribution >= 0.6 is 0 Å². The van der Waals surface area contributed by atoms with Crippen molar-refractivity contribution in [2.45, 2.75) is 96.8 Å². The molecule has 5 unspecified atom stereocenters. The summed E-state index contributed by atoms with van der Waals surface area (Å²) >= 11 is 0. The highest BCUT2D eigenvalue weighted by Gasteiger charge is 2.38. The third kappa shape index (κ3) is 5.74. The molecule has 0 N–H and O–H groups in total. The van der Waals surface area contributed by atoms with Crippen LogP contribution in [0, 0.1) is 35.4 Å². The van der Waals surface area contributed by atoms with Crippen molar-refractivity contribution in [1.82, 2.24) is 0 Å². The van der Waals surface area contributed by atoms with E-state index in [1.54, 1.807) is 12.1 Å². The molecule has 0 heterocycles. The van der Waals surface area contributed by atoms with Crippen molar-refractivity contribution in [3.63, 3.8) is 0 Å². The average molecular weight is 427 g/mol. The van der Waals surface area contributed by atoms with Gasteiger partial charge in [0.15, 0.2) is 0 Å². The maximum absolute atomic E-state index is 14.9. The average Bonchev–Trinajstić information content (AvgIpc) is 2.80. The van der Waals surface area contributed by atoms with Crippen LogP contribution in [0.5, 0.6) is 5.75 Å². The van der Waals surface area contributed by atoms with Crippen molar-refractivity contribution < 1.29 is 9.13 Å². The summed E-state index contributed by atoms with van der Waals surface area (Å²) in [5, 5.41) is 0. The number of rotatable bonds is 9. The van der Waals surface area contributed by atoms with Gasteiger partial charge in [0.05, 0.1) is 0 Å². The summed E-state index contributed by atoms with van der Waals surface area (Å²) < 4.78 is 20.4. The minimum Gasteiger partial charge on any atom is -0.489 e. The summed E-state index contributed by atoms with van der Waals surface area (Å²) in [6.45, 7) is 6.42. The molecule has 1 nitrogen and oxygen atoms in total. The van der Waals surface area contributed by atoms with Crippen LogP contribution in [0.1, 0.15) is 95.1 Å². The van der Waals surface area contributed by atoms with Crippen LogP contribution in [0.4, 0.5) is 4.39 Å². The minimum absolute atomic E-state index is 0.0569. The Hall–Kier alpha value is -1.31. The van der Waals surface area contributed by atoms with E-state index in [-0.39, 0.29) is 5.82 Å². The first-order chi connectivity index (χ1) is 15.2. The smallest absolute Gasteiger partial charge is 0.130 e. The van der Waals surface area contributed by atoms with E-state index in [1.165, 1.54) is 82.6 Å². The molecule has 4 rings (SSSR count). The van der Waals surface area contributed by atoms with Crippen molar-refractivity contribution in [3.05, 3.63) is 41.7 Å². The lowest BCUT2D eigenvalue weighted by atomic mass is 9.61. The molecule has 2 heteroatoms. The monoisotopic (exact) mass is 426 g/mol. The number of ether oxygens (including phenoxy) is 1. The molecule has 3 aliphatic rings. The Morgan fingerprint density at radius 3 is 2.55 bits per heavy atom. The maximum Gasteiger partial charge on any atom is 0.130 e. The molecule has 0 bridgehead atoms. The second-order valence-corrected chi connectivity index (χ2v) is 10.8. The Morgan fingerprint density at radius 1 is 0.968 bits per heavy atom. The molecule has 0 aromatic heterocycles. The molecule has 0 radical (unpaired) electrons. The lowest BCUT2D eigenvalue weighted by molar-refractivity contribution is 0.0687. The van der Waals surface area contributed by atoms with Gasteiger partial charge in [-0.1, -0.05) is 58.1 Å². The van der Waals surface area contributed by atoms with E-state index >= 15 is 0 Å². The maximum atomic E-state index is 14.9. The van der Waals surface area contributed by atoms with Crippen molar-refractivity contribution in [2.75, 3.05) is 6.61 Å². The van der Waals surface area contributed by atoms with Crippen LogP contribution in [0.2, 0.25) is 0 Å². The van der Waals surface area contributed by atoms with Gasteiger partial charge in [-0.15, -0.1) is 0 Å². The van der Waals surface area contributed by atoms with Gasteiger partial charge in [-0.05, 0) is 98.1 Å². The Labute approximate surface area is 189 Å². The summed E-state index contributed by atoms with van der Waals surface area (Å²) in [4.78, 5) is 0. The zero-order valence-electron chi connectivity index (χ0n) is 19.7. The fraction of sp³-hybridized carbons (Fsp3) is 0.724. The molecule has 0 amide bonds. The summed E-state index contributed by atoms with van der Waals surface area (Å²) in [6.07, 6.45) is 20.6. The lowest BCUT2D eigenvalue weighted by Crippen LogP contribution is -2.35.